The summed E-state index contributed by atoms with van der Waals surface area (Å²) in [6.07, 6.45) is 1.65. The number of piperazine rings is 1. The molecular weight excluding hydrogens is 440 g/mol. The molecule has 4 rings (SSSR count). The Morgan fingerprint density at radius 3 is 2.48 bits per heavy atom. The summed E-state index contributed by atoms with van der Waals surface area (Å²) in [5.74, 6) is 0.548. The number of aromatic nitrogens is 3. The third-order valence-electron chi connectivity index (χ3n) is 5.22. The lowest BCUT2D eigenvalue weighted by Gasteiger charge is -2.37. The van der Waals surface area contributed by atoms with Crippen molar-refractivity contribution in [3.8, 4) is 11.6 Å². The van der Waals surface area contributed by atoms with Crippen molar-refractivity contribution in [3.63, 3.8) is 0 Å². The summed E-state index contributed by atoms with van der Waals surface area (Å²) in [5.41, 5.74) is 2.39. The molecule has 0 radical (unpaired) electrons. The Morgan fingerprint density at radius 2 is 1.82 bits per heavy atom. The van der Waals surface area contributed by atoms with Crippen LogP contribution in [-0.2, 0) is 9.59 Å². The normalized spacial score (nSPS) is 13.9. The van der Waals surface area contributed by atoms with Crippen LogP contribution in [0.4, 0.5) is 11.4 Å². The van der Waals surface area contributed by atoms with Gasteiger partial charge in [0, 0.05) is 49.7 Å². The van der Waals surface area contributed by atoms with Crippen LogP contribution in [0.2, 0.25) is 0 Å². The van der Waals surface area contributed by atoms with Crippen LogP contribution in [-0.4, -0.2) is 63.8 Å². The molecule has 1 saturated heterocycles. The van der Waals surface area contributed by atoms with Crippen molar-refractivity contribution in [2.45, 2.75) is 19.1 Å². The molecule has 3 heterocycles. The molecule has 1 aliphatic rings. The second-order valence-electron chi connectivity index (χ2n) is 7.94. The first-order valence-electron chi connectivity index (χ1n) is 10.8. The van der Waals surface area contributed by atoms with E-state index in [0.717, 1.165) is 37.6 Å². The van der Waals surface area contributed by atoms with Gasteiger partial charge in [0.15, 0.2) is 0 Å². The minimum atomic E-state index is -0.161. The number of rotatable bonds is 7. The molecule has 0 spiro atoms. The highest BCUT2D eigenvalue weighted by atomic mass is 32.2. The molecule has 1 fully saturated rings. The first kappa shape index (κ1) is 22.8. The first-order valence-corrected chi connectivity index (χ1v) is 11.8. The molecule has 10 heteroatoms. The maximum absolute atomic E-state index is 12.3. The molecule has 1 aliphatic heterocycles. The number of pyridine rings is 1. The van der Waals surface area contributed by atoms with Gasteiger partial charge in [0.05, 0.1) is 5.75 Å². The number of nitrogens with one attached hydrogen (secondary N) is 1. The third kappa shape index (κ3) is 5.89. The van der Waals surface area contributed by atoms with E-state index in [1.54, 1.807) is 12.3 Å². The maximum Gasteiger partial charge on any atom is 0.277 e. The molecule has 9 nitrogen and oxygen atoms in total. The van der Waals surface area contributed by atoms with Crippen molar-refractivity contribution in [2.24, 2.45) is 5.92 Å². The van der Waals surface area contributed by atoms with Crippen molar-refractivity contribution in [2.75, 3.05) is 42.1 Å². The second-order valence-corrected chi connectivity index (χ2v) is 8.87. The molecule has 1 aromatic carbocycles. The summed E-state index contributed by atoms with van der Waals surface area (Å²) in [5, 5.41) is 11.1. The molecule has 0 bridgehead atoms. The van der Waals surface area contributed by atoms with Gasteiger partial charge in [-0.2, -0.15) is 0 Å². The molecule has 2 aromatic heterocycles. The Morgan fingerprint density at radius 1 is 1.06 bits per heavy atom. The molecule has 0 aliphatic carbocycles. The monoisotopic (exact) mass is 466 g/mol. The number of benzene rings is 1. The van der Waals surface area contributed by atoms with Gasteiger partial charge in [-0.25, -0.2) is 0 Å². The Bertz CT molecular complexity index is 1080. The minimum Gasteiger partial charge on any atom is -0.410 e. The number of anilines is 2. The van der Waals surface area contributed by atoms with Gasteiger partial charge in [-0.05, 0) is 36.4 Å². The van der Waals surface area contributed by atoms with Gasteiger partial charge in [0.1, 0.15) is 5.69 Å². The summed E-state index contributed by atoms with van der Waals surface area (Å²) in [6.45, 7) is 6.91. The highest BCUT2D eigenvalue weighted by Crippen LogP contribution is 2.23. The Kier molecular flexibility index (Phi) is 7.23. The van der Waals surface area contributed by atoms with E-state index in [4.69, 9.17) is 4.42 Å². The number of thioether (sulfide) groups is 1. The largest absolute Gasteiger partial charge is 0.410 e. The number of amides is 2. The van der Waals surface area contributed by atoms with Gasteiger partial charge in [-0.1, -0.05) is 31.7 Å². The van der Waals surface area contributed by atoms with Crippen molar-refractivity contribution in [1.29, 1.82) is 0 Å². The fourth-order valence-corrected chi connectivity index (χ4v) is 4.05. The van der Waals surface area contributed by atoms with Gasteiger partial charge in [0.25, 0.3) is 11.1 Å². The van der Waals surface area contributed by atoms with Crippen LogP contribution in [0.15, 0.2) is 58.3 Å². The quantitative estimate of drug-likeness (QED) is 0.530. The summed E-state index contributed by atoms with van der Waals surface area (Å²) in [4.78, 5) is 32.8. The summed E-state index contributed by atoms with van der Waals surface area (Å²) < 4.78 is 5.56. The van der Waals surface area contributed by atoms with Gasteiger partial charge in [-0.3, -0.25) is 14.6 Å². The fraction of sp³-hybridized carbons (Fsp3) is 0.348. The first-order chi connectivity index (χ1) is 16.0. The van der Waals surface area contributed by atoms with E-state index >= 15 is 0 Å². The van der Waals surface area contributed by atoms with E-state index in [9.17, 15) is 9.59 Å². The van der Waals surface area contributed by atoms with Crippen molar-refractivity contribution in [1.82, 2.24) is 20.1 Å². The lowest BCUT2D eigenvalue weighted by atomic mass is 10.1. The fourth-order valence-electron chi connectivity index (χ4n) is 3.49. The topological polar surface area (TPSA) is 104 Å². The van der Waals surface area contributed by atoms with Gasteiger partial charge in [0.2, 0.25) is 11.8 Å². The molecule has 2 amide bonds. The van der Waals surface area contributed by atoms with Crippen LogP contribution in [0.25, 0.3) is 11.6 Å². The number of nitrogens with zero attached hydrogens (tertiary/aromatic N) is 5. The molecule has 3 aromatic rings. The summed E-state index contributed by atoms with van der Waals surface area (Å²) >= 11 is 1.17. The smallest absolute Gasteiger partial charge is 0.277 e. The third-order valence-corrected chi connectivity index (χ3v) is 6.04. The zero-order valence-electron chi connectivity index (χ0n) is 18.6. The predicted octanol–water partition coefficient (Wildman–Crippen LogP) is 3.17. The zero-order valence-corrected chi connectivity index (χ0v) is 19.4. The maximum atomic E-state index is 12.3. The van der Waals surface area contributed by atoms with E-state index in [0.29, 0.717) is 16.8 Å². The van der Waals surface area contributed by atoms with E-state index in [1.165, 1.54) is 11.8 Å². The molecule has 1 N–H and O–H groups in total. The van der Waals surface area contributed by atoms with Crippen LogP contribution in [0, 0.1) is 5.92 Å². The zero-order chi connectivity index (χ0) is 23.2. The average Bonchev–Trinajstić information content (AvgIpc) is 3.33. The van der Waals surface area contributed by atoms with Gasteiger partial charge < -0.3 is 19.5 Å². The Labute approximate surface area is 196 Å². The van der Waals surface area contributed by atoms with E-state index in [-0.39, 0.29) is 23.5 Å². The molecule has 33 heavy (non-hydrogen) atoms. The molecular formula is C23H26N6O3S. The molecule has 172 valence electrons. The minimum absolute atomic E-state index is 0.0281. The lowest BCUT2D eigenvalue weighted by Crippen LogP contribution is -2.49. The van der Waals surface area contributed by atoms with E-state index < -0.39 is 0 Å². The lowest BCUT2D eigenvalue weighted by molar-refractivity contribution is -0.134. The van der Waals surface area contributed by atoms with Crippen molar-refractivity contribution < 1.29 is 14.0 Å². The number of carbonyl (C=O) groups is 2. The van der Waals surface area contributed by atoms with Crippen LogP contribution in [0.5, 0.6) is 0 Å². The van der Waals surface area contributed by atoms with Crippen molar-refractivity contribution >= 4 is 35.0 Å². The summed E-state index contributed by atoms with van der Waals surface area (Å²) in [7, 11) is 0. The van der Waals surface area contributed by atoms with Gasteiger partial charge in [-0.15, -0.1) is 10.2 Å². The molecule has 0 unspecified atom stereocenters. The summed E-state index contributed by atoms with van der Waals surface area (Å²) in [6, 6.07) is 13.2. The van der Waals surface area contributed by atoms with Crippen LogP contribution in [0.3, 0.4) is 0 Å². The number of carbonyl (C=O) groups excluding carboxylic acids is 2. The van der Waals surface area contributed by atoms with Crippen LogP contribution < -0.4 is 10.2 Å². The predicted molar refractivity (Wildman–Crippen MR) is 127 cm³/mol. The Balaban J connectivity index is 1.24. The average molecular weight is 467 g/mol. The van der Waals surface area contributed by atoms with E-state index in [2.05, 4.69) is 25.4 Å². The molecule has 0 saturated carbocycles. The second kappa shape index (κ2) is 10.5. The highest BCUT2D eigenvalue weighted by Gasteiger charge is 2.23. The van der Waals surface area contributed by atoms with Crippen LogP contribution in [0.1, 0.15) is 13.8 Å². The number of hydrogen-bond donors (Lipinski definition) is 1. The highest BCUT2D eigenvalue weighted by molar-refractivity contribution is 7.99. The van der Waals surface area contributed by atoms with Crippen LogP contribution >= 0.6 is 11.8 Å². The number of hydrogen-bond acceptors (Lipinski definition) is 8. The Hall–Kier alpha value is -3.40. The van der Waals surface area contributed by atoms with Gasteiger partial charge >= 0.3 is 0 Å². The van der Waals surface area contributed by atoms with E-state index in [1.807, 2.05) is 55.1 Å². The SMILES string of the molecule is CC(C)C(=O)N1CCN(c2ccc(NC(=O)CSc3nnc(-c4ccccn4)o3)cc2)CC1. The standard InChI is InChI=1S/C23H26N6O3S/c1-16(2)22(31)29-13-11-28(12-14-29)18-8-6-17(7-9-18)25-20(30)15-33-23-27-26-21(32-23)19-5-3-4-10-24-19/h3-10,16H,11-15H2,1-2H3,(H,25,30). The molecule has 0 atom stereocenters. The van der Waals surface area contributed by atoms with Crippen molar-refractivity contribution in [3.05, 3.63) is 48.7 Å².